The molecule has 2 aromatic rings. The number of hydrogen-bond acceptors (Lipinski definition) is 4. The number of hydrogen-bond donors (Lipinski definition) is 2. The zero-order chi connectivity index (χ0) is 21.6. The van der Waals surface area contributed by atoms with Crippen molar-refractivity contribution in [2.45, 2.75) is 38.0 Å². The Balaban J connectivity index is 1.30. The molecule has 0 aromatic heterocycles. The Morgan fingerprint density at radius 2 is 2.16 bits per heavy atom. The molecule has 0 saturated heterocycles. The minimum atomic E-state index is -0.779. The molecule has 31 heavy (non-hydrogen) atoms. The van der Waals surface area contributed by atoms with Gasteiger partial charge in [0.05, 0.1) is 12.7 Å². The Morgan fingerprint density at radius 1 is 1.29 bits per heavy atom. The average molecular weight is 424 g/mol. The molecule has 2 N–H and O–H groups in total. The van der Waals surface area contributed by atoms with E-state index in [0.29, 0.717) is 36.4 Å². The van der Waals surface area contributed by atoms with Gasteiger partial charge < -0.3 is 20.1 Å². The maximum atomic E-state index is 13.4. The number of fused-ring (bicyclic) bond motifs is 3. The molecule has 2 amide bonds. The van der Waals surface area contributed by atoms with Crippen molar-refractivity contribution >= 4 is 11.8 Å². The fourth-order valence-corrected chi connectivity index (χ4v) is 5.41. The molecule has 2 aromatic carbocycles. The van der Waals surface area contributed by atoms with Gasteiger partial charge in [-0.25, -0.2) is 4.39 Å². The van der Waals surface area contributed by atoms with Crippen LogP contribution < -0.4 is 20.1 Å². The Hall–Kier alpha value is -3.09. The SMILES string of the molecule is COc1ccc2c(c1)O[C@]1(C[C@H]3CC[C@H]1C[C@H]3C(=O)NCc1cccc(F)c1)NC2=O. The Bertz CT molecular complexity index is 1040. The van der Waals surface area contributed by atoms with Gasteiger partial charge in [-0.05, 0) is 55.0 Å². The number of benzene rings is 2. The Labute approximate surface area is 180 Å². The lowest BCUT2D eigenvalue weighted by Crippen LogP contribution is -2.66. The smallest absolute Gasteiger partial charge is 0.258 e. The third-order valence-corrected chi connectivity index (χ3v) is 6.96. The van der Waals surface area contributed by atoms with Crippen LogP contribution in [0.25, 0.3) is 0 Å². The van der Waals surface area contributed by atoms with Crippen LogP contribution in [0.15, 0.2) is 42.5 Å². The second-order valence-corrected chi connectivity index (χ2v) is 8.74. The molecule has 0 radical (unpaired) electrons. The summed E-state index contributed by atoms with van der Waals surface area (Å²) in [7, 11) is 1.58. The van der Waals surface area contributed by atoms with Gasteiger partial charge in [-0.3, -0.25) is 9.59 Å². The van der Waals surface area contributed by atoms with Crippen LogP contribution in [0.2, 0.25) is 0 Å². The highest BCUT2D eigenvalue weighted by molar-refractivity contribution is 5.98. The Morgan fingerprint density at radius 3 is 2.90 bits per heavy atom. The van der Waals surface area contributed by atoms with Crippen LogP contribution in [-0.4, -0.2) is 24.6 Å². The molecule has 1 heterocycles. The minimum Gasteiger partial charge on any atom is -0.497 e. The van der Waals surface area contributed by atoms with E-state index in [9.17, 15) is 14.0 Å². The normalized spacial score (nSPS) is 28.5. The number of carbonyl (C=O) groups excluding carboxylic acids is 2. The number of halogens is 1. The van der Waals surface area contributed by atoms with E-state index >= 15 is 0 Å². The molecule has 1 spiro atoms. The van der Waals surface area contributed by atoms with Gasteiger partial charge in [0.2, 0.25) is 5.91 Å². The molecule has 2 bridgehead atoms. The van der Waals surface area contributed by atoms with Crippen molar-refractivity contribution in [1.82, 2.24) is 10.6 Å². The summed E-state index contributed by atoms with van der Waals surface area (Å²) >= 11 is 0. The van der Waals surface area contributed by atoms with Crippen molar-refractivity contribution in [3.63, 3.8) is 0 Å². The lowest BCUT2D eigenvalue weighted by Gasteiger charge is -2.55. The number of methoxy groups -OCH3 is 1. The highest BCUT2D eigenvalue weighted by Crippen LogP contribution is 2.52. The number of amides is 2. The Kier molecular flexibility index (Phi) is 4.84. The second kappa shape index (κ2) is 7.55. The van der Waals surface area contributed by atoms with Crippen LogP contribution in [0.1, 0.15) is 41.6 Å². The zero-order valence-corrected chi connectivity index (χ0v) is 17.3. The summed E-state index contributed by atoms with van der Waals surface area (Å²) < 4.78 is 25.1. The topological polar surface area (TPSA) is 76.7 Å². The summed E-state index contributed by atoms with van der Waals surface area (Å²) in [6, 6.07) is 11.4. The van der Waals surface area contributed by atoms with Gasteiger partial charge in [-0.2, -0.15) is 0 Å². The van der Waals surface area contributed by atoms with Crippen molar-refractivity contribution in [2.75, 3.05) is 7.11 Å². The molecule has 1 aliphatic heterocycles. The molecule has 162 valence electrons. The van der Waals surface area contributed by atoms with Gasteiger partial charge >= 0.3 is 0 Å². The van der Waals surface area contributed by atoms with Crippen molar-refractivity contribution in [2.24, 2.45) is 17.8 Å². The molecule has 3 saturated carbocycles. The molecule has 0 unspecified atom stereocenters. The maximum Gasteiger partial charge on any atom is 0.258 e. The first kappa shape index (κ1) is 19.8. The maximum absolute atomic E-state index is 13.4. The van der Waals surface area contributed by atoms with Crippen molar-refractivity contribution in [3.05, 3.63) is 59.4 Å². The molecule has 4 atom stereocenters. The number of rotatable bonds is 4. The van der Waals surface area contributed by atoms with Crippen LogP contribution in [0.5, 0.6) is 11.5 Å². The molecular formula is C24H25FN2O4. The van der Waals surface area contributed by atoms with Gasteiger partial charge in [-0.1, -0.05) is 12.1 Å². The first-order valence-electron chi connectivity index (χ1n) is 10.7. The predicted molar refractivity (Wildman–Crippen MR) is 111 cm³/mol. The first-order chi connectivity index (χ1) is 15.0. The predicted octanol–water partition coefficient (Wildman–Crippen LogP) is 3.41. The molecule has 6 rings (SSSR count). The summed E-state index contributed by atoms with van der Waals surface area (Å²) in [6.07, 6.45) is 3.07. The quantitative estimate of drug-likeness (QED) is 0.789. The van der Waals surface area contributed by atoms with E-state index in [0.717, 1.165) is 18.4 Å². The minimum absolute atomic E-state index is 0.0157. The monoisotopic (exact) mass is 424 g/mol. The summed E-state index contributed by atoms with van der Waals surface area (Å²) in [5.74, 6) is 0.719. The summed E-state index contributed by atoms with van der Waals surface area (Å²) in [5, 5.41) is 6.07. The molecular weight excluding hydrogens is 399 g/mol. The van der Waals surface area contributed by atoms with E-state index in [4.69, 9.17) is 9.47 Å². The van der Waals surface area contributed by atoms with Crippen molar-refractivity contribution < 1.29 is 23.5 Å². The van der Waals surface area contributed by atoms with Gasteiger partial charge in [0.25, 0.3) is 5.91 Å². The molecule has 3 aliphatic carbocycles. The van der Waals surface area contributed by atoms with Crippen LogP contribution in [0.3, 0.4) is 0 Å². The lowest BCUT2D eigenvalue weighted by atomic mass is 9.60. The third-order valence-electron chi connectivity index (χ3n) is 6.96. The van der Waals surface area contributed by atoms with E-state index in [1.165, 1.54) is 12.1 Å². The number of carbonyl (C=O) groups is 2. The lowest BCUT2D eigenvalue weighted by molar-refractivity contribution is -0.146. The van der Waals surface area contributed by atoms with E-state index in [-0.39, 0.29) is 35.4 Å². The highest BCUT2D eigenvalue weighted by atomic mass is 19.1. The molecule has 6 nitrogen and oxygen atoms in total. The van der Waals surface area contributed by atoms with E-state index in [2.05, 4.69) is 10.6 Å². The first-order valence-corrected chi connectivity index (χ1v) is 10.7. The summed E-state index contributed by atoms with van der Waals surface area (Å²) in [6.45, 7) is 0.302. The van der Waals surface area contributed by atoms with Gasteiger partial charge in [0.15, 0.2) is 5.72 Å². The second-order valence-electron chi connectivity index (χ2n) is 8.74. The summed E-state index contributed by atoms with van der Waals surface area (Å²) in [5.41, 5.74) is 0.454. The summed E-state index contributed by atoms with van der Waals surface area (Å²) in [4.78, 5) is 25.7. The molecule has 4 aliphatic rings. The van der Waals surface area contributed by atoms with Crippen LogP contribution in [-0.2, 0) is 11.3 Å². The van der Waals surface area contributed by atoms with Crippen LogP contribution >= 0.6 is 0 Å². The van der Waals surface area contributed by atoms with Crippen LogP contribution in [0, 0.1) is 23.6 Å². The fraction of sp³-hybridized carbons (Fsp3) is 0.417. The fourth-order valence-electron chi connectivity index (χ4n) is 5.41. The van der Waals surface area contributed by atoms with E-state index in [1.54, 1.807) is 37.4 Å². The van der Waals surface area contributed by atoms with Crippen molar-refractivity contribution in [3.8, 4) is 11.5 Å². The van der Waals surface area contributed by atoms with Crippen LogP contribution in [0.4, 0.5) is 4.39 Å². The number of nitrogens with one attached hydrogen (secondary N) is 2. The van der Waals surface area contributed by atoms with Gasteiger partial charge in [-0.15, -0.1) is 0 Å². The largest absolute Gasteiger partial charge is 0.497 e. The standard InChI is InChI=1S/C24H25FN2O4/c1-30-18-7-8-19-21(11-18)31-24(27-23(19)29)12-15-5-6-16(24)10-20(15)22(28)26-13-14-3-2-4-17(25)9-14/h2-4,7-9,11,15-16,20H,5-6,10,12-13H2,1H3,(H,26,28)(H,27,29)/t15-,16+,20-,24+/m1/s1. The average Bonchev–Trinajstić information content (AvgIpc) is 2.77. The number of ether oxygens (including phenoxy) is 2. The van der Waals surface area contributed by atoms with Gasteiger partial charge in [0, 0.05) is 30.9 Å². The van der Waals surface area contributed by atoms with Gasteiger partial charge in [0.1, 0.15) is 17.3 Å². The van der Waals surface area contributed by atoms with E-state index in [1.807, 2.05) is 0 Å². The van der Waals surface area contributed by atoms with Crippen molar-refractivity contribution in [1.29, 1.82) is 0 Å². The molecule has 3 fully saturated rings. The highest BCUT2D eigenvalue weighted by Gasteiger charge is 2.57. The molecule has 7 heteroatoms. The van der Waals surface area contributed by atoms with E-state index < -0.39 is 5.72 Å². The zero-order valence-electron chi connectivity index (χ0n) is 17.3. The third kappa shape index (κ3) is 3.52.